The minimum atomic E-state index is -0.745. The van der Waals surface area contributed by atoms with Crippen molar-refractivity contribution in [3.8, 4) is 0 Å². The minimum Gasteiger partial charge on any atom is -0.481 e. The van der Waals surface area contributed by atoms with Crippen molar-refractivity contribution in [3.63, 3.8) is 0 Å². The van der Waals surface area contributed by atoms with E-state index < -0.39 is 11.9 Å². The van der Waals surface area contributed by atoms with E-state index in [-0.39, 0.29) is 6.42 Å². The third-order valence-electron chi connectivity index (χ3n) is 3.95. The van der Waals surface area contributed by atoms with Gasteiger partial charge in [-0.15, -0.1) is 0 Å². The van der Waals surface area contributed by atoms with Crippen LogP contribution >= 0.6 is 0 Å². The van der Waals surface area contributed by atoms with Gasteiger partial charge in [0.15, 0.2) is 0 Å². The molecule has 0 aromatic heterocycles. The number of carbonyl (C=O) groups is 2. The van der Waals surface area contributed by atoms with Gasteiger partial charge in [-0.25, -0.2) is 0 Å². The molecule has 0 aliphatic heterocycles. The lowest BCUT2D eigenvalue weighted by Crippen LogP contribution is -1.93. The van der Waals surface area contributed by atoms with Crippen molar-refractivity contribution in [3.05, 3.63) is 12.2 Å². The summed E-state index contributed by atoms with van der Waals surface area (Å²) in [6.45, 7) is 3.86. The van der Waals surface area contributed by atoms with E-state index in [9.17, 15) is 9.59 Å². The molecule has 0 aliphatic rings. The summed E-state index contributed by atoms with van der Waals surface area (Å²) < 4.78 is 0. The first kappa shape index (κ1) is 25.9. The van der Waals surface area contributed by atoms with E-state index in [0.717, 1.165) is 12.8 Å². The lowest BCUT2D eigenvalue weighted by Gasteiger charge is -1.99. The van der Waals surface area contributed by atoms with Crippen molar-refractivity contribution < 1.29 is 19.8 Å². The molecule has 148 valence electrons. The number of allylic oxidation sites excluding steroid dienone is 2. The molecule has 0 amide bonds. The fraction of sp³-hybridized carbons (Fsp3) is 0.810. The van der Waals surface area contributed by atoms with Crippen LogP contribution in [-0.4, -0.2) is 22.2 Å². The van der Waals surface area contributed by atoms with Gasteiger partial charge in [-0.2, -0.15) is 0 Å². The van der Waals surface area contributed by atoms with Crippen LogP contribution in [-0.2, 0) is 9.59 Å². The second kappa shape index (κ2) is 22.7. The minimum absolute atomic E-state index is 0.222. The Morgan fingerprint density at radius 2 is 1.04 bits per heavy atom. The van der Waals surface area contributed by atoms with E-state index in [0.29, 0.717) is 6.42 Å². The van der Waals surface area contributed by atoms with Crippen molar-refractivity contribution in [2.75, 3.05) is 0 Å². The molecule has 0 heterocycles. The molecular formula is C21H40O4. The topological polar surface area (TPSA) is 74.6 Å². The first-order chi connectivity index (χ1) is 12.0. The normalized spacial score (nSPS) is 10.5. The molecule has 0 aromatic carbocycles. The van der Waals surface area contributed by atoms with E-state index in [4.69, 9.17) is 10.2 Å². The van der Waals surface area contributed by atoms with Gasteiger partial charge in [-0.3, -0.25) is 9.59 Å². The molecule has 0 saturated heterocycles. The molecule has 0 unspecified atom stereocenters. The highest BCUT2D eigenvalue weighted by molar-refractivity contribution is 5.66. The highest BCUT2D eigenvalue weighted by Gasteiger charge is 1.95. The Kier molecular flexibility index (Phi) is 23.5. The number of unbranched alkanes of at least 4 members (excludes halogenated alkanes) is 11. The van der Waals surface area contributed by atoms with Crippen LogP contribution in [0.15, 0.2) is 12.2 Å². The highest BCUT2D eigenvalue weighted by atomic mass is 16.4. The summed E-state index contributed by atoms with van der Waals surface area (Å²) in [5.41, 5.74) is 0. The Morgan fingerprint density at radius 3 is 1.44 bits per heavy atom. The first-order valence-electron chi connectivity index (χ1n) is 10.1. The number of rotatable bonds is 16. The van der Waals surface area contributed by atoms with Crippen molar-refractivity contribution in [1.29, 1.82) is 0 Å². The van der Waals surface area contributed by atoms with Crippen LogP contribution in [0.4, 0.5) is 0 Å². The zero-order valence-corrected chi connectivity index (χ0v) is 16.5. The summed E-state index contributed by atoms with van der Waals surface area (Å²) in [7, 11) is 0. The maximum atomic E-state index is 10.3. The summed E-state index contributed by atoms with van der Waals surface area (Å²) in [5.74, 6) is -1.41. The second-order valence-corrected chi connectivity index (χ2v) is 6.48. The zero-order valence-electron chi connectivity index (χ0n) is 16.5. The largest absolute Gasteiger partial charge is 0.481 e. The Bertz CT molecular complexity index is 324. The summed E-state index contributed by atoms with van der Waals surface area (Å²) >= 11 is 0. The molecule has 4 heteroatoms. The fourth-order valence-electron chi connectivity index (χ4n) is 2.35. The van der Waals surface area contributed by atoms with E-state index in [1.807, 2.05) is 0 Å². The average Bonchev–Trinajstić information content (AvgIpc) is 2.58. The molecule has 0 bridgehead atoms. The van der Waals surface area contributed by atoms with E-state index in [1.165, 1.54) is 70.6 Å². The van der Waals surface area contributed by atoms with Crippen molar-refractivity contribution >= 4 is 11.9 Å². The molecule has 0 radical (unpaired) electrons. The number of carboxylic acids is 2. The lowest BCUT2D eigenvalue weighted by molar-refractivity contribution is -0.137. The van der Waals surface area contributed by atoms with Gasteiger partial charge in [0.05, 0.1) is 0 Å². The van der Waals surface area contributed by atoms with E-state index in [1.54, 1.807) is 6.92 Å². The molecule has 0 atom stereocenters. The quantitative estimate of drug-likeness (QED) is 0.242. The highest BCUT2D eigenvalue weighted by Crippen LogP contribution is 2.09. The maximum Gasteiger partial charge on any atom is 0.303 e. The van der Waals surface area contributed by atoms with Gasteiger partial charge in [0.1, 0.15) is 0 Å². The van der Waals surface area contributed by atoms with Crippen LogP contribution in [0, 0.1) is 0 Å². The lowest BCUT2D eigenvalue weighted by atomic mass is 10.1. The third kappa shape index (κ3) is 31.0. The number of hydrogen-bond donors (Lipinski definition) is 2. The maximum absolute atomic E-state index is 10.3. The number of hydrogen-bond acceptors (Lipinski definition) is 2. The Hall–Kier alpha value is -1.32. The van der Waals surface area contributed by atoms with Crippen molar-refractivity contribution in [1.82, 2.24) is 0 Å². The molecule has 0 aliphatic carbocycles. The van der Waals surface area contributed by atoms with E-state index >= 15 is 0 Å². The van der Waals surface area contributed by atoms with Gasteiger partial charge in [-0.05, 0) is 32.1 Å². The molecule has 4 nitrogen and oxygen atoms in total. The van der Waals surface area contributed by atoms with Crippen LogP contribution in [0.5, 0.6) is 0 Å². The smallest absolute Gasteiger partial charge is 0.303 e. The molecule has 0 aromatic rings. The third-order valence-corrected chi connectivity index (χ3v) is 3.95. The molecule has 0 saturated carbocycles. The molecular weight excluding hydrogens is 316 g/mol. The van der Waals surface area contributed by atoms with Gasteiger partial charge in [-0.1, -0.05) is 77.4 Å². The summed E-state index contributed by atoms with van der Waals surface area (Å²) in [5, 5.41) is 16.2. The van der Waals surface area contributed by atoms with Gasteiger partial charge in [0.2, 0.25) is 0 Å². The Balaban J connectivity index is 0. The first-order valence-corrected chi connectivity index (χ1v) is 10.1. The van der Waals surface area contributed by atoms with Crippen LogP contribution in [0.25, 0.3) is 0 Å². The Labute approximate surface area is 154 Å². The summed E-state index contributed by atoms with van der Waals surface area (Å²) in [4.78, 5) is 19.7. The molecule has 25 heavy (non-hydrogen) atoms. The Morgan fingerprint density at radius 1 is 0.640 bits per heavy atom. The predicted octanol–water partition coefficient (Wildman–Crippen LogP) is 6.59. The number of carboxylic acid groups (broad SMARTS) is 2. The van der Waals surface area contributed by atoms with Crippen LogP contribution in [0.1, 0.15) is 110 Å². The predicted molar refractivity (Wildman–Crippen MR) is 105 cm³/mol. The van der Waals surface area contributed by atoms with Gasteiger partial charge < -0.3 is 10.2 Å². The summed E-state index contributed by atoms with van der Waals surface area (Å²) in [6.07, 6.45) is 21.5. The van der Waals surface area contributed by atoms with E-state index in [2.05, 4.69) is 19.1 Å². The molecule has 0 spiro atoms. The van der Waals surface area contributed by atoms with Crippen LogP contribution in [0.2, 0.25) is 0 Å². The second-order valence-electron chi connectivity index (χ2n) is 6.48. The SMILES string of the molecule is CCC(=O)O.CCCCCCCC/C=C\CCCCCCCC(=O)O. The van der Waals surface area contributed by atoms with Crippen molar-refractivity contribution in [2.24, 2.45) is 0 Å². The van der Waals surface area contributed by atoms with Crippen molar-refractivity contribution in [2.45, 2.75) is 110 Å². The van der Waals surface area contributed by atoms with Crippen LogP contribution in [0.3, 0.4) is 0 Å². The van der Waals surface area contributed by atoms with Crippen LogP contribution < -0.4 is 0 Å². The average molecular weight is 357 g/mol. The summed E-state index contributed by atoms with van der Waals surface area (Å²) in [6, 6.07) is 0. The molecule has 0 fully saturated rings. The zero-order chi connectivity index (χ0) is 19.2. The van der Waals surface area contributed by atoms with Gasteiger partial charge in [0, 0.05) is 12.8 Å². The van der Waals surface area contributed by atoms with Gasteiger partial charge >= 0.3 is 11.9 Å². The molecule has 2 N–H and O–H groups in total. The monoisotopic (exact) mass is 356 g/mol. The number of aliphatic carboxylic acids is 2. The molecule has 0 rings (SSSR count). The van der Waals surface area contributed by atoms with Gasteiger partial charge in [0.25, 0.3) is 0 Å². The standard InChI is InChI=1S/C18H34O2.C3H6O2/c1-2-3-4-5-6-7-8-9-10-11-12-13-14-15-16-17-18(19)20;1-2-3(4)5/h9-10H,2-8,11-17H2,1H3,(H,19,20);2H2,1H3,(H,4,5)/b10-9-;. The fourth-order valence-corrected chi connectivity index (χ4v) is 2.35.